The van der Waals surface area contributed by atoms with Crippen molar-refractivity contribution < 1.29 is 28.7 Å². The van der Waals surface area contributed by atoms with Crippen molar-refractivity contribution in [1.82, 2.24) is 15.8 Å². The van der Waals surface area contributed by atoms with E-state index >= 15 is 0 Å². The van der Waals surface area contributed by atoms with Gasteiger partial charge >= 0.3 is 12.0 Å². The minimum absolute atomic E-state index is 0.150. The number of nitrogens with zero attached hydrogens (tertiary/aromatic N) is 1. The van der Waals surface area contributed by atoms with E-state index in [1.807, 2.05) is 0 Å². The average molecular weight is 411 g/mol. The van der Waals surface area contributed by atoms with E-state index in [0.29, 0.717) is 16.3 Å². The minimum atomic E-state index is -1.28. The lowest BCUT2D eigenvalue weighted by atomic mass is 9.87. The monoisotopic (exact) mass is 411 g/mol. The van der Waals surface area contributed by atoms with Gasteiger partial charge in [0, 0.05) is 0 Å². The van der Waals surface area contributed by atoms with Gasteiger partial charge in [-0.05, 0) is 24.1 Å². The standard InChI is InChI=1S/C21H21N3O6/c1-3-21(14-9-5-4-6-10-14)19(27)24(20(28)22-21)23-17(25)13-30-18(26)15-11-7-8-12-16(15)29-2/h4-12H,3,13H2,1-2H3,(H,22,28)(H,23,25)/t21-/m1/s1. The summed E-state index contributed by atoms with van der Waals surface area (Å²) in [6, 6.07) is 14.4. The summed E-state index contributed by atoms with van der Waals surface area (Å²) in [5.41, 5.74) is 1.67. The predicted molar refractivity (Wildman–Crippen MR) is 105 cm³/mol. The Morgan fingerprint density at radius 1 is 1.07 bits per heavy atom. The van der Waals surface area contributed by atoms with Crippen molar-refractivity contribution in [3.63, 3.8) is 0 Å². The van der Waals surface area contributed by atoms with E-state index < -0.39 is 36.0 Å². The number of ether oxygens (including phenoxy) is 2. The molecule has 0 radical (unpaired) electrons. The van der Waals surface area contributed by atoms with Gasteiger partial charge in [0.15, 0.2) is 6.61 Å². The molecule has 1 saturated heterocycles. The van der Waals surface area contributed by atoms with Crippen LogP contribution < -0.4 is 15.5 Å². The SMILES string of the molecule is CC[C@]1(c2ccccc2)NC(=O)N(NC(=O)COC(=O)c2ccccc2OC)C1=O. The van der Waals surface area contributed by atoms with Gasteiger partial charge in [0.25, 0.3) is 11.8 Å². The Morgan fingerprint density at radius 2 is 1.73 bits per heavy atom. The number of hydrogen-bond donors (Lipinski definition) is 2. The average Bonchev–Trinajstić information content (AvgIpc) is 3.03. The molecule has 2 aromatic rings. The highest BCUT2D eigenvalue weighted by atomic mass is 16.5. The van der Waals surface area contributed by atoms with Crippen LogP contribution in [0.5, 0.6) is 5.75 Å². The fourth-order valence-corrected chi connectivity index (χ4v) is 3.22. The van der Waals surface area contributed by atoms with Crippen LogP contribution in [-0.2, 0) is 19.9 Å². The number of para-hydroxylation sites is 1. The molecule has 4 amide bonds. The van der Waals surface area contributed by atoms with Gasteiger partial charge in [0.05, 0.1) is 7.11 Å². The van der Waals surface area contributed by atoms with Crippen LogP contribution in [0.3, 0.4) is 0 Å². The number of imide groups is 1. The van der Waals surface area contributed by atoms with Crippen molar-refractivity contribution in [2.24, 2.45) is 0 Å². The molecule has 1 fully saturated rings. The lowest BCUT2D eigenvalue weighted by Gasteiger charge is -2.25. The number of nitrogens with one attached hydrogen (secondary N) is 2. The second-order valence-corrected chi connectivity index (χ2v) is 6.51. The van der Waals surface area contributed by atoms with Crippen molar-refractivity contribution in [2.75, 3.05) is 13.7 Å². The lowest BCUT2D eigenvalue weighted by Crippen LogP contribution is -2.49. The van der Waals surface area contributed by atoms with Crippen molar-refractivity contribution in [2.45, 2.75) is 18.9 Å². The summed E-state index contributed by atoms with van der Waals surface area (Å²) in [5.74, 6) is -1.92. The molecule has 0 unspecified atom stereocenters. The van der Waals surface area contributed by atoms with Crippen LogP contribution in [0.2, 0.25) is 0 Å². The molecular weight excluding hydrogens is 390 g/mol. The fraction of sp³-hybridized carbons (Fsp3) is 0.238. The number of methoxy groups -OCH3 is 1. The van der Waals surface area contributed by atoms with Crippen LogP contribution in [0.25, 0.3) is 0 Å². The first-order valence-corrected chi connectivity index (χ1v) is 9.24. The van der Waals surface area contributed by atoms with Crippen LogP contribution in [0, 0.1) is 0 Å². The quantitative estimate of drug-likeness (QED) is 0.530. The second-order valence-electron chi connectivity index (χ2n) is 6.51. The third-order valence-corrected chi connectivity index (χ3v) is 4.79. The molecule has 1 aliphatic rings. The smallest absolute Gasteiger partial charge is 0.344 e. The molecule has 156 valence electrons. The molecule has 0 bridgehead atoms. The van der Waals surface area contributed by atoms with E-state index in [1.165, 1.54) is 13.2 Å². The normalized spacial score (nSPS) is 18.0. The molecular formula is C21H21N3O6. The summed E-state index contributed by atoms with van der Waals surface area (Å²) in [5, 5.41) is 3.25. The van der Waals surface area contributed by atoms with Gasteiger partial charge in [-0.15, -0.1) is 0 Å². The summed E-state index contributed by atoms with van der Waals surface area (Å²) in [6.07, 6.45) is 0.288. The summed E-state index contributed by atoms with van der Waals surface area (Å²) in [7, 11) is 1.41. The first-order chi connectivity index (χ1) is 14.4. The second kappa shape index (κ2) is 8.64. The molecule has 0 spiro atoms. The summed E-state index contributed by atoms with van der Waals surface area (Å²) >= 11 is 0. The number of urea groups is 1. The molecule has 0 aliphatic carbocycles. The molecule has 1 aliphatic heterocycles. The zero-order valence-electron chi connectivity index (χ0n) is 16.5. The number of carbonyl (C=O) groups excluding carboxylic acids is 4. The maximum absolute atomic E-state index is 13.0. The Hall–Kier alpha value is -3.88. The van der Waals surface area contributed by atoms with Gasteiger partial charge in [-0.25, -0.2) is 9.59 Å². The molecule has 9 heteroatoms. The van der Waals surface area contributed by atoms with Crippen LogP contribution in [0.1, 0.15) is 29.3 Å². The number of amides is 4. The van der Waals surface area contributed by atoms with Gasteiger partial charge < -0.3 is 14.8 Å². The number of rotatable bonds is 7. The third-order valence-electron chi connectivity index (χ3n) is 4.79. The van der Waals surface area contributed by atoms with Gasteiger partial charge in [0.1, 0.15) is 16.9 Å². The van der Waals surface area contributed by atoms with E-state index in [-0.39, 0.29) is 12.0 Å². The molecule has 3 rings (SSSR count). The maximum Gasteiger partial charge on any atom is 0.344 e. The number of hydrogen-bond acceptors (Lipinski definition) is 6. The first kappa shape index (κ1) is 20.8. The summed E-state index contributed by atoms with van der Waals surface area (Å²) < 4.78 is 10.1. The molecule has 9 nitrogen and oxygen atoms in total. The largest absolute Gasteiger partial charge is 0.496 e. The number of benzene rings is 2. The van der Waals surface area contributed by atoms with Crippen LogP contribution >= 0.6 is 0 Å². The van der Waals surface area contributed by atoms with Crippen LogP contribution in [-0.4, -0.2) is 42.5 Å². The molecule has 2 aromatic carbocycles. The Balaban J connectivity index is 1.66. The van der Waals surface area contributed by atoms with Gasteiger partial charge in [0.2, 0.25) is 0 Å². The molecule has 2 N–H and O–H groups in total. The lowest BCUT2D eigenvalue weighted by molar-refractivity contribution is -0.140. The number of hydrazine groups is 1. The Kier molecular flexibility index (Phi) is 6.01. The molecule has 1 heterocycles. The zero-order chi connectivity index (χ0) is 21.7. The minimum Gasteiger partial charge on any atom is -0.496 e. The first-order valence-electron chi connectivity index (χ1n) is 9.24. The van der Waals surface area contributed by atoms with Gasteiger partial charge in [-0.3, -0.25) is 15.0 Å². The Bertz CT molecular complexity index is 978. The molecule has 1 atom stereocenters. The summed E-state index contributed by atoms with van der Waals surface area (Å²) in [6.45, 7) is 1.07. The summed E-state index contributed by atoms with van der Waals surface area (Å²) in [4.78, 5) is 49.7. The third kappa shape index (κ3) is 3.82. The predicted octanol–water partition coefficient (Wildman–Crippen LogP) is 1.74. The van der Waals surface area contributed by atoms with Gasteiger partial charge in [-0.2, -0.15) is 5.01 Å². The van der Waals surface area contributed by atoms with Crippen LogP contribution in [0.15, 0.2) is 54.6 Å². The molecule has 0 aromatic heterocycles. The van der Waals surface area contributed by atoms with Crippen LogP contribution in [0.4, 0.5) is 4.79 Å². The van der Waals surface area contributed by atoms with Gasteiger partial charge in [-0.1, -0.05) is 49.4 Å². The molecule has 0 saturated carbocycles. The van der Waals surface area contributed by atoms with E-state index in [9.17, 15) is 19.2 Å². The van der Waals surface area contributed by atoms with E-state index in [4.69, 9.17) is 9.47 Å². The Labute approximate surface area is 172 Å². The van der Waals surface area contributed by atoms with Crippen molar-refractivity contribution in [1.29, 1.82) is 0 Å². The fourth-order valence-electron chi connectivity index (χ4n) is 3.22. The number of esters is 1. The van der Waals surface area contributed by atoms with Crippen molar-refractivity contribution in [3.05, 3.63) is 65.7 Å². The highest BCUT2D eigenvalue weighted by Crippen LogP contribution is 2.31. The van der Waals surface area contributed by atoms with Crippen molar-refractivity contribution >= 4 is 23.8 Å². The van der Waals surface area contributed by atoms with Crippen molar-refractivity contribution in [3.8, 4) is 5.75 Å². The van der Waals surface area contributed by atoms with E-state index in [2.05, 4.69) is 10.7 Å². The molecule has 30 heavy (non-hydrogen) atoms. The Morgan fingerprint density at radius 3 is 2.40 bits per heavy atom. The zero-order valence-corrected chi connectivity index (χ0v) is 16.5. The topological polar surface area (TPSA) is 114 Å². The van der Waals surface area contributed by atoms with E-state index in [0.717, 1.165) is 0 Å². The highest BCUT2D eigenvalue weighted by molar-refractivity contribution is 6.08. The highest BCUT2D eigenvalue weighted by Gasteiger charge is 2.52. The number of carbonyl (C=O) groups is 4. The maximum atomic E-state index is 13.0. The van der Waals surface area contributed by atoms with E-state index in [1.54, 1.807) is 55.5 Å².